The number of hydrogen-bond donors (Lipinski definition) is 0. The molecule has 0 unspecified atom stereocenters. The maximum atomic E-state index is 14.2. The van der Waals surface area contributed by atoms with Crippen LogP contribution in [0.25, 0.3) is 11.4 Å². The van der Waals surface area contributed by atoms with Crippen LogP contribution in [0.1, 0.15) is 19.4 Å². The van der Waals surface area contributed by atoms with Crippen molar-refractivity contribution in [3.63, 3.8) is 0 Å². The maximum Gasteiger partial charge on any atom is 0.191 e. The Hall–Kier alpha value is -2.41. The number of ether oxygens (including phenoxy) is 1. The summed E-state index contributed by atoms with van der Waals surface area (Å²) in [4.78, 5) is 0. The minimum Gasteiger partial charge on any atom is -0.494 e. The molecular weight excluding hydrogens is 368 g/mol. The molecule has 0 spiro atoms. The topological polar surface area (TPSA) is 39.9 Å². The first kappa shape index (κ1) is 19.4. The molecule has 0 aliphatic heterocycles. The molecule has 1 aromatic heterocycles. The summed E-state index contributed by atoms with van der Waals surface area (Å²) in [5.74, 6) is 0.854. The van der Waals surface area contributed by atoms with Crippen LogP contribution in [0.4, 0.5) is 8.78 Å². The predicted molar refractivity (Wildman–Crippen MR) is 103 cm³/mol. The molecule has 0 saturated carbocycles. The van der Waals surface area contributed by atoms with Crippen molar-refractivity contribution in [2.75, 3.05) is 7.11 Å². The van der Waals surface area contributed by atoms with Crippen LogP contribution in [0.15, 0.2) is 47.6 Å². The van der Waals surface area contributed by atoms with Crippen molar-refractivity contribution in [3.8, 4) is 17.1 Å². The molecule has 0 radical (unpaired) electrons. The minimum absolute atomic E-state index is 0.216. The zero-order valence-electron chi connectivity index (χ0n) is 15.4. The van der Waals surface area contributed by atoms with Gasteiger partial charge in [-0.15, -0.1) is 10.2 Å². The number of aromatic nitrogens is 3. The molecule has 27 heavy (non-hydrogen) atoms. The summed E-state index contributed by atoms with van der Waals surface area (Å²) in [6.07, 6.45) is 0. The summed E-state index contributed by atoms with van der Waals surface area (Å²) in [6.45, 7) is 4.83. The Labute approximate surface area is 161 Å². The molecule has 3 rings (SSSR count). The molecule has 7 heteroatoms. The first-order valence-corrected chi connectivity index (χ1v) is 9.61. The highest BCUT2D eigenvalue weighted by Crippen LogP contribution is 2.29. The lowest BCUT2D eigenvalue weighted by Crippen LogP contribution is -2.08. The quantitative estimate of drug-likeness (QED) is 0.522. The molecule has 0 aliphatic rings. The van der Waals surface area contributed by atoms with Crippen LogP contribution in [0.3, 0.4) is 0 Å². The molecule has 142 valence electrons. The van der Waals surface area contributed by atoms with Crippen LogP contribution >= 0.6 is 11.8 Å². The van der Waals surface area contributed by atoms with Gasteiger partial charge in [0.2, 0.25) is 0 Å². The zero-order valence-corrected chi connectivity index (χ0v) is 16.3. The summed E-state index contributed by atoms with van der Waals surface area (Å²) in [5.41, 5.74) is 1.23. The monoisotopic (exact) mass is 389 g/mol. The number of hydrogen-bond acceptors (Lipinski definition) is 4. The van der Waals surface area contributed by atoms with Gasteiger partial charge in [0.1, 0.15) is 5.82 Å². The molecule has 2 aromatic carbocycles. The van der Waals surface area contributed by atoms with Gasteiger partial charge in [0.05, 0.1) is 12.7 Å². The second-order valence-corrected chi connectivity index (χ2v) is 7.49. The average molecular weight is 389 g/mol. The molecule has 1 heterocycles. The molecule has 0 N–H and O–H groups in total. The average Bonchev–Trinajstić information content (AvgIpc) is 3.02. The molecule has 0 aliphatic carbocycles. The van der Waals surface area contributed by atoms with E-state index in [4.69, 9.17) is 4.74 Å². The van der Waals surface area contributed by atoms with Crippen LogP contribution in [0.2, 0.25) is 0 Å². The van der Waals surface area contributed by atoms with Gasteiger partial charge in [0, 0.05) is 12.3 Å². The second-order valence-electron chi connectivity index (χ2n) is 6.55. The van der Waals surface area contributed by atoms with E-state index in [0.29, 0.717) is 34.8 Å². The van der Waals surface area contributed by atoms with Crippen LogP contribution in [-0.4, -0.2) is 21.9 Å². The summed E-state index contributed by atoms with van der Waals surface area (Å²) in [5, 5.41) is 9.14. The Morgan fingerprint density at radius 1 is 1.07 bits per heavy atom. The summed E-state index contributed by atoms with van der Waals surface area (Å²) in [7, 11) is 1.44. The molecule has 3 aromatic rings. The standard InChI is InChI=1S/C20H21F2N3OS/c1-13(2)11-25-19(15-6-4-5-7-16(15)21)23-24-20(25)27-12-14-8-9-18(26-3)17(22)10-14/h4-10,13H,11-12H2,1-3H3. The molecule has 0 bridgehead atoms. The normalized spacial score (nSPS) is 11.2. The third kappa shape index (κ3) is 4.47. The van der Waals surface area contributed by atoms with E-state index in [1.54, 1.807) is 24.3 Å². The van der Waals surface area contributed by atoms with Gasteiger partial charge in [0.15, 0.2) is 22.5 Å². The van der Waals surface area contributed by atoms with Crippen LogP contribution < -0.4 is 4.74 Å². The maximum absolute atomic E-state index is 14.2. The van der Waals surface area contributed by atoms with Gasteiger partial charge in [-0.25, -0.2) is 8.78 Å². The van der Waals surface area contributed by atoms with E-state index in [1.165, 1.54) is 31.0 Å². The van der Waals surface area contributed by atoms with E-state index in [9.17, 15) is 8.78 Å². The van der Waals surface area contributed by atoms with Crippen molar-refractivity contribution in [1.29, 1.82) is 0 Å². The molecule has 0 amide bonds. The van der Waals surface area contributed by atoms with Crippen molar-refractivity contribution < 1.29 is 13.5 Å². The largest absolute Gasteiger partial charge is 0.494 e. The first-order chi connectivity index (χ1) is 13.0. The third-order valence-electron chi connectivity index (χ3n) is 3.96. The lowest BCUT2D eigenvalue weighted by Gasteiger charge is -2.13. The van der Waals surface area contributed by atoms with Gasteiger partial charge in [-0.05, 0) is 35.7 Å². The number of thioether (sulfide) groups is 1. The van der Waals surface area contributed by atoms with E-state index < -0.39 is 5.82 Å². The Morgan fingerprint density at radius 3 is 2.52 bits per heavy atom. The van der Waals surface area contributed by atoms with Gasteiger partial charge in [-0.1, -0.05) is 43.8 Å². The Morgan fingerprint density at radius 2 is 1.85 bits per heavy atom. The highest BCUT2D eigenvalue weighted by atomic mass is 32.2. The lowest BCUT2D eigenvalue weighted by atomic mass is 10.2. The van der Waals surface area contributed by atoms with Crippen molar-refractivity contribution >= 4 is 11.8 Å². The minimum atomic E-state index is -0.397. The molecule has 0 fully saturated rings. The smallest absolute Gasteiger partial charge is 0.191 e. The highest BCUT2D eigenvalue weighted by molar-refractivity contribution is 7.98. The third-order valence-corrected chi connectivity index (χ3v) is 5.00. The van der Waals surface area contributed by atoms with Gasteiger partial charge in [-0.3, -0.25) is 0 Å². The molecule has 0 atom stereocenters. The molecule has 4 nitrogen and oxygen atoms in total. The Kier molecular flexibility index (Phi) is 6.11. The first-order valence-electron chi connectivity index (χ1n) is 8.63. The van der Waals surface area contributed by atoms with E-state index >= 15 is 0 Å². The van der Waals surface area contributed by atoms with Crippen LogP contribution in [0.5, 0.6) is 5.75 Å². The zero-order chi connectivity index (χ0) is 19.4. The van der Waals surface area contributed by atoms with Gasteiger partial charge < -0.3 is 9.30 Å². The van der Waals surface area contributed by atoms with Crippen molar-refractivity contribution in [2.24, 2.45) is 5.92 Å². The molecular formula is C20H21F2N3OS. The van der Waals surface area contributed by atoms with Crippen molar-refractivity contribution in [3.05, 3.63) is 59.7 Å². The number of benzene rings is 2. The van der Waals surface area contributed by atoms with Crippen molar-refractivity contribution in [2.45, 2.75) is 31.3 Å². The number of rotatable bonds is 7. The van der Waals surface area contributed by atoms with E-state index in [0.717, 1.165) is 5.56 Å². The Balaban J connectivity index is 1.87. The molecule has 0 saturated heterocycles. The number of methoxy groups -OCH3 is 1. The fraction of sp³-hybridized carbons (Fsp3) is 0.300. The second kappa shape index (κ2) is 8.52. The van der Waals surface area contributed by atoms with E-state index in [1.807, 2.05) is 10.6 Å². The fourth-order valence-electron chi connectivity index (χ4n) is 2.71. The Bertz CT molecular complexity index is 927. The van der Waals surface area contributed by atoms with Gasteiger partial charge >= 0.3 is 0 Å². The summed E-state index contributed by atoms with van der Waals surface area (Å²) < 4.78 is 35.0. The lowest BCUT2D eigenvalue weighted by molar-refractivity contribution is 0.386. The summed E-state index contributed by atoms with van der Waals surface area (Å²) >= 11 is 1.45. The predicted octanol–water partition coefficient (Wildman–Crippen LogP) is 5.18. The van der Waals surface area contributed by atoms with Gasteiger partial charge in [-0.2, -0.15) is 0 Å². The SMILES string of the molecule is COc1ccc(CSc2nnc(-c3ccccc3F)n2CC(C)C)cc1F. The number of nitrogens with zero attached hydrogens (tertiary/aromatic N) is 3. The van der Waals surface area contributed by atoms with E-state index in [-0.39, 0.29) is 11.6 Å². The van der Waals surface area contributed by atoms with E-state index in [2.05, 4.69) is 24.0 Å². The number of halogens is 2. The summed E-state index contributed by atoms with van der Waals surface area (Å²) in [6, 6.07) is 11.4. The highest BCUT2D eigenvalue weighted by Gasteiger charge is 2.18. The van der Waals surface area contributed by atoms with Crippen molar-refractivity contribution in [1.82, 2.24) is 14.8 Å². The van der Waals surface area contributed by atoms with Crippen LogP contribution in [-0.2, 0) is 12.3 Å². The van der Waals surface area contributed by atoms with Crippen LogP contribution in [0, 0.1) is 17.6 Å². The van der Waals surface area contributed by atoms with Gasteiger partial charge in [0.25, 0.3) is 0 Å². The fourth-order valence-corrected chi connectivity index (χ4v) is 3.61.